The third-order valence-electron chi connectivity index (χ3n) is 4.14. The van der Waals surface area contributed by atoms with Gasteiger partial charge >= 0.3 is 5.97 Å². The standard InChI is InChI=1S/C14H23NO4S/c1-10(16)15-12(13(17)18)9-20-11-4-7-19-14(8-11)5-2-3-6-14/h11-12H,2-9H2,1H3,(H,15,16)(H,17,18). The van der Waals surface area contributed by atoms with Crippen LogP contribution in [0, 0.1) is 0 Å². The van der Waals surface area contributed by atoms with E-state index in [0.29, 0.717) is 11.0 Å². The first-order valence-electron chi connectivity index (χ1n) is 7.26. The van der Waals surface area contributed by atoms with E-state index in [4.69, 9.17) is 9.84 Å². The van der Waals surface area contributed by atoms with E-state index in [2.05, 4.69) is 5.32 Å². The first-order valence-corrected chi connectivity index (χ1v) is 8.31. The SMILES string of the molecule is CC(=O)NC(CSC1CCOC2(CCCC2)C1)C(=O)O. The summed E-state index contributed by atoms with van der Waals surface area (Å²) in [6.45, 7) is 2.12. The Bertz CT molecular complexity index is 368. The quantitative estimate of drug-likeness (QED) is 0.810. The van der Waals surface area contributed by atoms with Gasteiger partial charge in [0.1, 0.15) is 6.04 Å². The minimum atomic E-state index is -0.963. The lowest BCUT2D eigenvalue weighted by Gasteiger charge is -2.38. The van der Waals surface area contributed by atoms with Gasteiger partial charge in [0.15, 0.2) is 0 Å². The highest BCUT2D eigenvalue weighted by atomic mass is 32.2. The fourth-order valence-corrected chi connectivity index (χ4v) is 4.52. The van der Waals surface area contributed by atoms with Crippen LogP contribution in [0.1, 0.15) is 45.4 Å². The van der Waals surface area contributed by atoms with Crippen LogP contribution in [0.3, 0.4) is 0 Å². The number of thioether (sulfide) groups is 1. The second-order valence-corrected chi connectivity index (χ2v) is 7.11. The van der Waals surface area contributed by atoms with Crippen molar-refractivity contribution in [2.45, 2.75) is 62.3 Å². The van der Waals surface area contributed by atoms with Gasteiger partial charge in [0.2, 0.25) is 5.91 Å². The number of carbonyl (C=O) groups is 2. The number of carboxylic acids is 1. The van der Waals surface area contributed by atoms with Gasteiger partial charge in [-0.05, 0) is 25.7 Å². The van der Waals surface area contributed by atoms with Crippen LogP contribution in [0.25, 0.3) is 0 Å². The van der Waals surface area contributed by atoms with Gasteiger partial charge in [-0.1, -0.05) is 12.8 Å². The molecule has 0 radical (unpaired) electrons. The molecule has 6 heteroatoms. The van der Waals surface area contributed by atoms with Gasteiger partial charge in [0.05, 0.1) is 5.60 Å². The number of carbonyl (C=O) groups excluding carboxylic acids is 1. The van der Waals surface area contributed by atoms with Crippen molar-refractivity contribution >= 4 is 23.6 Å². The molecular formula is C14H23NO4S. The molecule has 0 bridgehead atoms. The van der Waals surface area contributed by atoms with Crippen LogP contribution in [0.5, 0.6) is 0 Å². The number of aliphatic carboxylic acids is 1. The molecule has 2 N–H and O–H groups in total. The van der Waals surface area contributed by atoms with E-state index in [1.54, 1.807) is 11.8 Å². The molecule has 1 amide bonds. The predicted molar refractivity (Wildman–Crippen MR) is 77.9 cm³/mol. The Labute approximate surface area is 123 Å². The van der Waals surface area contributed by atoms with Gasteiger partial charge in [0, 0.05) is 24.5 Å². The maximum absolute atomic E-state index is 11.1. The zero-order chi connectivity index (χ0) is 14.6. The highest BCUT2D eigenvalue weighted by Crippen LogP contribution is 2.42. The molecule has 20 heavy (non-hydrogen) atoms. The summed E-state index contributed by atoms with van der Waals surface area (Å²) in [5, 5.41) is 12.0. The summed E-state index contributed by atoms with van der Waals surface area (Å²) in [7, 11) is 0. The Balaban J connectivity index is 1.83. The van der Waals surface area contributed by atoms with E-state index in [-0.39, 0.29) is 11.5 Å². The first-order chi connectivity index (χ1) is 9.51. The minimum Gasteiger partial charge on any atom is -0.480 e. The van der Waals surface area contributed by atoms with Crippen molar-refractivity contribution in [1.82, 2.24) is 5.32 Å². The lowest BCUT2D eigenvalue weighted by atomic mass is 9.92. The Kier molecular flexibility index (Phi) is 5.32. The van der Waals surface area contributed by atoms with Crippen LogP contribution in [-0.2, 0) is 14.3 Å². The second-order valence-electron chi connectivity index (χ2n) is 5.78. The molecule has 1 spiro atoms. The van der Waals surface area contributed by atoms with Gasteiger partial charge in [-0.3, -0.25) is 4.79 Å². The van der Waals surface area contributed by atoms with Crippen LogP contribution >= 0.6 is 11.8 Å². The Morgan fingerprint density at radius 2 is 2.15 bits per heavy atom. The lowest BCUT2D eigenvalue weighted by Crippen LogP contribution is -2.43. The van der Waals surface area contributed by atoms with E-state index in [0.717, 1.165) is 32.3 Å². The predicted octanol–water partition coefficient (Wildman–Crippen LogP) is 1.80. The van der Waals surface area contributed by atoms with Crippen molar-refractivity contribution in [3.8, 4) is 0 Å². The van der Waals surface area contributed by atoms with Crippen molar-refractivity contribution < 1.29 is 19.4 Å². The number of rotatable bonds is 5. The summed E-state index contributed by atoms with van der Waals surface area (Å²) in [5.74, 6) is -0.831. The molecule has 1 aliphatic carbocycles. The van der Waals surface area contributed by atoms with Crippen LogP contribution in [-0.4, -0.2) is 46.2 Å². The van der Waals surface area contributed by atoms with Crippen LogP contribution in [0.2, 0.25) is 0 Å². The molecule has 0 aromatic carbocycles. The zero-order valence-electron chi connectivity index (χ0n) is 11.9. The zero-order valence-corrected chi connectivity index (χ0v) is 12.7. The summed E-state index contributed by atoms with van der Waals surface area (Å²) in [6, 6.07) is -0.792. The third-order valence-corrected chi connectivity index (χ3v) is 5.54. The number of nitrogens with one attached hydrogen (secondary N) is 1. The number of amides is 1. The molecule has 0 aromatic rings. The molecule has 2 unspecified atom stereocenters. The summed E-state index contributed by atoms with van der Waals surface area (Å²) in [4.78, 5) is 22.1. The molecular weight excluding hydrogens is 278 g/mol. The average Bonchev–Trinajstić information content (AvgIpc) is 2.82. The lowest BCUT2D eigenvalue weighted by molar-refractivity contribution is -0.140. The van der Waals surface area contributed by atoms with Gasteiger partial charge in [0.25, 0.3) is 0 Å². The average molecular weight is 301 g/mol. The van der Waals surface area contributed by atoms with E-state index >= 15 is 0 Å². The van der Waals surface area contributed by atoms with Crippen molar-refractivity contribution in [2.75, 3.05) is 12.4 Å². The fourth-order valence-electron chi connectivity index (χ4n) is 3.15. The first kappa shape index (κ1) is 15.6. The molecule has 1 heterocycles. The Morgan fingerprint density at radius 1 is 1.45 bits per heavy atom. The normalized spacial score (nSPS) is 26.4. The fraction of sp³-hybridized carbons (Fsp3) is 0.857. The Morgan fingerprint density at radius 3 is 2.75 bits per heavy atom. The van der Waals surface area contributed by atoms with Crippen LogP contribution in [0.4, 0.5) is 0 Å². The molecule has 5 nitrogen and oxygen atoms in total. The Hall–Kier alpha value is -0.750. The summed E-state index contributed by atoms with van der Waals surface area (Å²) < 4.78 is 5.98. The topological polar surface area (TPSA) is 75.6 Å². The maximum atomic E-state index is 11.1. The molecule has 2 aliphatic rings. The van der Waals surface area contributed by atoms with E-state index in [9.17, 15) is 9.59 Å². The maximum Gasteiger partial charge on any atom is 0.327 e. The smallest absolute Gasteiger partial charge is 0.327 e. The highest BCUT2D eigenvalue weighted by molar-refractivity contribution is 8.00. The molecule has 1 saturated heterocycles. The number of ether oxygens (including phenoxy) is 1. The third kappa shape index (κ3) is 4.12. The van der Waals surface area contributed by atoms with Gasteiger partial charge in [-0.15, -0.1) is 0 Å². The monoisotopic (exact) mass is 301 g/mol. The van der Waals surface area contributed by atoms with Crippen molar-refractivity contribution in [1.29, 1.82) is 0 Å². The van der Waals surface area contributed by atoms with Crippen molar-refractivity contribution in [2.24, 2.45) is 0 Å². The molecule has 2 rings (SSSR count). The van der Waals surface area contributed by atoms with Crippen molar-refractivity contribution in [3.63, 3.8) is 0 Å². The van der Waals surface area contributed by atoms with Gasteiger partial charge < -0.3 is 15.2 Å². The van der Waals surface area contributed by atoms with Crippen LogP contribution < -0.4 is 5.32 Å². The number of hydrogen-bond acceptors (Lipinski definition) is 4. The summed E-state index contributed by atoms with van der Waals surface area (Å²) in [5.41, 5.74) is 0.0582. The van der Waals surface area contributed by atoms with E-state index < -0.39 is 12.0 Å². The molecule has 1 aliphatic heterocycles. The minimum absolute atomic E-state index is 0.0582. The largest absolute Gasteiger partial charge is 0.480 e. The summed E-state index contributed by atoms with van der Waals surface area (Å²) >= 11 is 1.66. The van der Waals surface area contributed by atoms with E-state index in [1.165, 1.54) is 19.8 Å². The molecule has 2 fully saturated rings. The van der Waals surface area contributed by atoms with Crippen LogP contribution in [0.15, 0.2) is 0 Å². The molecule has 1 saturated carbocycles. The van der Waals surface area contributed by atoms with E-state index in [1.807, 2.05) is 0 Å². The highest BCUT2D eigenvalue weighted by Gasteiger charge is 2.40. The second kappa shape index (κ2) is 6.80. The molecule has 0 aromatic heterocycles. The van der Waals surface area contributed by atoms with Gasteiger partial charge in [-0.25, -0.2) is 4.79 Å². The molecule has 114 valence electrons. The number of hydrogen-bond donors (Lipinski definition) is 2. The summed E-state index contributed by atoms with van der Waals surface area (Å²) in [6.07, 6.45) is 6.74. The van der Waals surface area contributed by atoms with Crippen molar-refractivity contribution in [3.05, 3.63) is 0 Å². The number of carboxylic acid groups (broad SMARTS) is 1. The molecule has 2 atom stereocenters. The van der Waals surface area contributed by atoms with Gasteiger partial charge in [-0.2, -0.15) is 11.8 Å².